The Balaban J connectivity index is 2.05. The first kappa shape index (κ1) is 9.22. The molecule has 1 unspecified atom stereocenters. The van der Waals surface area contributed by atoms with Gasteiger partial charge in [0, 0.05) is 5.56 Å². The van der Waals surface area contributed by atoms with Crippen molar-refractivity contribution in [3.63, 3.8) is 0 Å². The highest BCUT2D eigenvalue weighted by atomic mass is 16.6. The van der Waals surface area contributed by atoms with Crippen LogP contribution in [-0.4, -0.2) is 11.7 Å². The van der Waals surface area contributed by atoms with Crippen LogP contribution in [-0.2, 0) is 11.2 Å². The van der Waals surface area contributed by atoms with Gasteiger partial charge in [-0.15, -0.1) is 0 Å². The van der Waals surface area contributed by atoms with Crippen LogP contribution >= 0.6 is 0 Å². The normalized spacial score (nSPS) is 30.1. The largest absolute Gasteiger partial charge is 0.485 e. The van der Waals surface area contributed by atoms with Crippen LogP contribution in [0.4, 0.5) is 0 Å². The molecule has 0 aromatic heterocycles. The fourth-order valence-electron chi connectivity index (χ4n) is 2.35. The van der Waals surface area contributed by atoms with Gasteiger partial charge in [-0.3, -0.25) is 0 Å². The Labute approximate surface area is 90.2 Å². The Kier molecular flexibility index (Phi) is 1.70. The fraction of sp³-hybridized carbons (Fsp3) is 0.538. The molecule has 15 heavy (non-hydrogen) atoms. The van der Waals surface area contributed by atoms with Crippen LogP contribution in [0, 0.1) is 0 Å². The molecule has 0 spiro atoms. The molecule has 1 saturated heterocycles. The van der Waals surface area contributed by atoms with Gasteiger partial charge < -0.3 is 9.47 Å². The van der Waals surface area contributed by atoms with E-state index in [9.17, 15) is 0 Å². The van der Waals surface area contributed by atoms with E-state index in [2.05, 4.69) is 39.0 Å². The minimum Gasteiger partial charge on any atom is -0.485 e. The number of hydrogen-bond donors (Lipinski definition) is 0. The summed E-state index contributed by atoms with van der Waals surface area (Å²) in [4.78, 5) is 0. The number of benzene rings is 1. The summed E-state index contributed by atoms with van der Waals surface area (Å²) in [6.07, 6.45) is 1.58. The zero-order valence-electron chi connectivity index (χ0n) is 9.41. The van der Waals surface area contributed by atoms with E-state index in [-0.39, 0.29) is 17.8 Å². The average Bonchev–Trinajstić information content (AvgIpc) is 2.97. The van der Waals surface area contributed by atoms with Gasteiger partial charge in [-0.05, 0) is 38.0 Å². The first-order valence-corrected chi connectivity index (χ1v) is 5.59. The van der Waals surface area contributed by atoms with Crippen LogP contribution < -0.4 is 4.74 Å². The second kappa shape index (κ2) is 2.76. The van der Waals surface area contributed by atoms with E-state index < -0.39 is 0 Å². The smallest absolute Gasteiger partial charge is 0.132 e. The lowest BCUT2D eigenvalue weighted by molar-refractivity contribution is 0.0725. The summed E-state index contributed by atoms with van der Waals surface area (Å²) >= 11 is 0. The van der Waals surface area contributed by atoms with Gasteiger partial charge in [0.25, 0.3) is 0 Å². The van der Waals surface area contributed by atoms with Gasteiger partial charge in [0.05, 0.1) is 0 Å². The number of aryl methyl sites for hydroxylation is 1. The summed E-state index contributed by atoms with van der Waals surface area (Å²) in [5.74, 6) is 0.996. The molecule has 0 bridgehead atoms. The predicted octanol–water partition coefficient (Wildman–Crippen LogP) is 2.86. The van der Waals surface area contributed by atoms with E-state index in [1.807, 2.05) is 0 Å². The molecule has 0 amide bonds. The highest BCUT2D eigenvalue weighted by molar-refractivity contribution is 5.44. The Morgan fingerprint density at radius 1 is 1.33 bits per heavy atom. The van der Waals surface area contributed by atoms with Crippen molar-refractivity contribution in [1.82, 2.24) is 0 Å². The van der Waals surface area contributed by atoms with Crippen LogP contribution in [0.3, 0.4) is 0 Å². The molecule has 0 radical (unpaired) electrons. The minimum atomic E-state index is -0.175. The molecule has 80 valence electrons. The second-order valence-electron chi connectivity index (χ2n) is 4.91. The molecular formula is C13H16O2. The van der Waals surface area contributed by atoms with E-state index in [1.54, 1.807) is 0 Å². The number of rotatable bonds is 1. The lowest BCUT2D eigenvalue weighted by Gasteiger charge is -2.29. The Morgan fingerprint density at radius 2 is 2.13 bits per heavy atom. The maximum atomic E-state index is 5.95. The number of hydrogen-bond acceptors (Lipinski definition) is 2. The van der Waals surface area contributed by atoms with Crippen molar-refractivity contribution >= 4 is 0 Å². The van der Waals surface area contributed by atoms with Gasteiger partial charge in [-0.1, -0.05) is 13.0 Å². The SMILES string of the molecule is CCc1ccc2c(c1)[C@H]1OC1C(C)(C)O2. The molecule has 2 aliphatic heterocycles. The highest BCUT2D eigenvalue weighted by Crippen LogP contribution is 2.53. The third kappa shape index (κ3) is 1.28. The standard InChI is InChI=1S/C13H16O2/c1-4-8-5-6-10-9(7-8)11-12(14-11)13(2,3)15-10/h5-7,11-12H,4H2,1-3H3/t11-,12?/m1/s1. The van der Waals surface area contributed by atoms with Crippen LogP contribution in [0.2, 0.25) is 0 Å². The summed E-state index contributed by atoms with van der Waals surface area (Å²) < 4.78 is 11.6. The third-order valence-electron chi connectivity index (χ3n) is 3.34. The van der Waals surface area contributed by atoms with Crippen LogP contribution in [0.1, 0.15) is 38.0 Å². The average molecular weight is 204 g/mol. The summed E-state index contributed by atoms with van der Waals surface area (Å²) in [6.45, 7) is 6.35. The molecule has 1 aromatic carbocycles. The first-order chi connectivity index (χ1) is 7.12. The maximum Gasteiger partial charge on any atom is 0.132 e. The van der Waals surface area contributed by atoms with Crippen molar-refractivity contribution < 1.29 is 9.47 Å². The lowest BCUT2D eigenvalue weighted by atomic mass is 9.93. The highest BCUT2D eigenvalue weighted by Gasteiger charge is 2.56. The quantitative estimate of drug-likeness (QED) is 0.656. The van der Waals surface area contributed by atoms with E-state index in [1.165, 1.54) is 11.1 Å². The summed E-state index contributed by atoms with van der Waals surface area (Å²) in [6, 6.07) is 6.43. The van der Waals surface area contributed by atoms with Crippen molar-refractivity contribution in [2.45, 2.75) is 45.0 Å². The Bertz CT molecular complexity index is 409. The molecule has 1 fully saturated rings. The number of ether oxygens (including phenoxy) is 2. The van der Waals surface area contributed by atoms with Gasteiger partial charge in [0.1, 0.15) is 23.6 Å². The minimum absolute atomic E-state index is 0.175. The molecule has 2 aliphatic rings. The summed E-state index contributed by atoms with van der Waals surface area (Å²) in [5.41, 5.74) is 2.41. The molecule has 0 N–H and O–H groups in total. The van der Waals surface area contributed by atoms with Crippen LogP contribution in [0.5, 0.6) is 5.75 Å². The van der Waals surface area contributed by atoms with Crippen molar-refractivity contribution in [3.05, 3.63) is 29.3 Å². The molecule has 2 heterocycles. The van der Waals surface area contributed by atoms with Gasteiger partial charge >= 0.3 is 0 Å². The van der Waals surface area contributed by atoms with Crippen molar-refractivity contribution in [3.8, 4) is 5.75 Å². The van der Waals surface area contributed by atoms with E-state index in [4.69, 9.17) is 9.47 Å². The third-order valence-corrected chi connectivity index (χ3v) is 3.34. The van der Waals surface area contributed by atoms with Crippen molar-refractivity contribution in [2.24, 2.45) is 0 Å². The molecule has 3 rings (SSSR count). The zero-order chi connectivity index (χ0) is 10.6. The van der Waals surface area contributed by atoms with Crippen LogP contribution in [0.25, 0.3) is 0 Å². The number of epoxide rings is 1. The molecular weight excluding hydrogens is 188 g/mol. The number of fused-ring (bicyclic) bond motifs is 3. The molecule has 2 atom stereocenters. The molecule has 2 nitrogen and oxygen atoms in total. The van der Waals surface area contributed by atoms with Crippen LogP contribution in [0.15, 0.2) is 18.2 Å². The van der Waals surface area contributed by atoms with Gasteiger partial charge in [-0.2, -0.15) is 0 Å². The monoisotopic (exact) mass is 204 g/mol. The van der Waals surface area contributed by atoms with Crippen molar-refractivity contribution in [2.75, 3.05) is 0 Å². The summed E-state index contributed by atoms with van der Waals surface area (Å²) in [7, 11) is 0. The Morgan fingerprint density at radius 3 is 2.87 bits per heavy atom. The first-order valence-electron chi connectivity index (χ1n) is 5.59. The van der Waals surface area contributed by atoms with E-state index >= 15 is 0 Å². The zero-order valence-corrected chi connectivity index (χ0v) is 9.41. The molecule has 1 aromatic rings. The van der Waals surface area contributed by atoms with Crippen molar-refractivity contribution in [1.29, 1.82) is 0 Å². The lowest BCUT2D eigenvalue weighted by Crippen LogP contribution is -2.37. The van der Waals surface area contributed by atoms with Gasteiger partial charge in [0.15, 0.2) is 0 Å². The Hall–Kier alpha value is -1.02. The van der Waals surface area contributed by atoms with E-state index in [0.717, 1.165) is 12.2 Å². The fourth-order valence-corrected chi connectivity index (χ4v) is 2.35. The predicted molar refractivity (Wildman–Crippen MR) is 58.1 cm³/mol. The maximum absolute atomic E-state index is 5.95. The van der Waals surface area contributed by atoms with Gasteiger partial charge in [-0.25, -0.2) is 0 Å². The molecule has 0 saturated carbocycles. The topological polar surface area (TPSA) is 21.8 Å². The summed E-state index contributed by atoms with van der Waals surface area (Å²) in [5, 5.41) is 0. The van der Waals surface area contributed by atoms with Gasteiger partial charge in [0.2, 0.25) is 0 Å². The second-order valence-corrected chi connectivity index (χ2v) is 4.91. The van der Waals surface area contributed by atoms with E-state index in [0.29, 0.717) is 0 Å². The molecule has 0 aliphatic carbocycles. The molecule has 2 heteroatoms.